The third kappa shape index (κ3) is 6.01. The van der Waals surface area contributed by atoms with Crippen molar-refractivity contribution in [2.24, 2.45) is 11.8 Å². The average molecular weight is 376 g/mol. The van der Waals surface area contributed by atoms with Gasteiger partial charge >= 0.3 is 0 Å². The third-order valence-corrected chi connectivity index (χ3v) is 5.81. The molecule has 2 aliphatic heterocycles. The Bertz CT molecular complexity index is 583. The predicted octanol–water partition coefficient (Wildman–Crippen LogP) is 0.908. The third-order valence-electron chi connectivity index (χ3n) is 5.81. The zero-order chi connectivity index (χ0) is 19.1. The Morgan fingerprint density at radius 1 is 1.11 bits per heavy atom. The van der Waals surface area contributed by atoms with Crippen LogP contribution in [0.3, 0.4) is 0 Å². The summed E-state index contributed by atoms with van der Waals surface area (Å²) in [5.41, 5.74) is 1.07. The van der Waals surface area contributed by atoms with E-state index in [1.807, 2.05) is 35.2 Å². The van der Waals surface area contributed by atoms with Gasteiger partial charge in [-0.3, -0.25) is 4.79 Å². The molecular formula is C21H33N3O3. The summed E-state index contributed by atoms with van der Waals surface area (Å²) in [5.74, 6) is 0.544. The molecule has 2 aliphatic rings. The summed E-state index contributed by atoms with van der Waals surface area (Å²) < 4.78 is 5.61. The van der Waals surface area contributed by atoms with Gasteiger partial charge in [-0.2, -0.15) is 0 Å². The number of likely N-dealkylation sites (tertiary alicyclic amines) is 1. The molecule has 3 rings (SSSR count). The summed E-state index contributed by atoms with van der Waals surface area (Å²) in [6, 6.07) is 9.90. The maximum absolute atomic E-state index is 12.5. The van der Waals surface area contributed by atoms with Gasteiger partial charge < -0.3 is 24.5 Å². The summed E-state index contributed by atoms with van der Waals surface area (Å²) in [7, 11) is 2.17. The van der Waals surface area contributed by atoms with E-state index in [2.05, 4.69) is 16.8 Å². The van der Waals surface area contributed by atoms with Crippen LogP contribution in [0.15, 0.2) is 30.3 Å². The Kier molecular flexibility index (Phi) is 7.64. The summed E-state index contributed by atoms with van der Waals surface area (Å²) >= 11 is 0. The van der Waals surface area contributed by atoms with Gasteiger partial charge in [0.2, 0.25) is 5.91 Å². The molecule has 0 radical (unpaired) electrons. The van der Waals surface area contributed by atoms with Crippen molar-refractivity contribution in [3.05, 3.63) is 35.9 Å². The number of carbonyl (C=O) groups excluding carboxylic acids is 1. The first kappa shape index (κ1) is 20.3. The number of likely N-dealkylation sites (N-methyl/N-ethyl adjacent to an activating group) is 1. The zero-order valence-corrected chi connectivity index (χ0v) is 16.4. The number of aliphatic hydroxyl groups excluding tert-OH is 1. The minimum atomic E-state index is 0.0301. The minimum Gasteiger partial charge on any atom is -0.396 e. The lowest BCUT2D eigenvalue weighted by Gasteiger charge is -2.26. The lowest BCUT2D eigenvalue weighted by Crippen LogP contribution is -2.37. The summed E-state index contributed by atoms with van der Waals surface area (Å²) in [6.45, 7) is 7.45. The van der Waals surface area contributed by atoms with Crippen molar-refractivity contribution in [1.29, 1.82) is 0 Å². The molecule has 150 valence electrons. The maximum atomic E-state index is 12.5. The van der Waals surface area contributed by atoms with Crippen LogP contribution in [0.5, 0.6) is 0 Å². The Balaban J connectivity index is 1.45. The molecule has 2 fully saturated rings. The summed E-state index contributed by atoms with van der Waals surface area (Å²) in [5, 5.41) is 9.79. The number of benzene rings is 1. The molecule has 0 aromatic heterocycles. The van der Waals surface area contributed by atoms with Gasteiger partial charge in [0.05, 0.1) is 6.61 Å². The maximum Gasteiger partial charge on any atom is 0.248 e. The Labute approximate surface area is 162 Å². The molecule has 6 nitrogen and oxygen atoms in total. The highest BCUT2D eigenvalue weighted by molar-refractivity contribution is 5.77. The van der Waals surface area contributed by atoms with Crippen molar-refractivity contribution in [2.45, 2.75) is 13.0 Å². The van der Waals surface area contributed by atoms with Crippen molar-refractivity contribution in [2.75, 3.05) is 66.1 Å². The normalized spacial score (nSPS) is 24.9. The highest BCUT2D eigenvalue weighted by Crippen LogP contribution is 2.25. The molecule has 0 saturated carbocycles. The first-order chi connectivity index (χ1) is 13.2. The predicted molar refractivity (Wildman–Crippen MR) is 105 cm³/mol. The molecule has 0 aliphatic carbocycles. The lowest BCUT2D eigenvalue weighted by atomic mass is 9.96. The van der Waals surface area contributed by atoms with Gasteiger partial charge in [0.1, 0.15) is 6.61 Å². The number of hydrogen-bond acceptors (Lipinski definition) is 5. The molecule has 2 saturated heterocycles. The minimum absolute atomic E-state index is 0.0301. The molecule has 2 heterocycles. The molecule has 2 atom stereocenters. The van der Waals surface area contributed by atoms with Gasteiger partial charge in [-0.25, -0.2) is 0 Å². The number of nitrogens with zero attached hydrogens (tertiary/aromatic N) is 3. The molecule has 1 amide bonds. The highest BCUT2D eigenvalue weighted by Gasteiger charge is 2.35. The number of carbonyl (C=O) groups is 1. The van der Waals surface area contributed by atoms with Crippen molar-refractivity contribution in [1.82, 2.24) is 14.7 Å². The Hall–Kier alpha value is -1.47. The van der Waals surface area contributed by atoms with E-state index in [0.29, 0.717) is 19.1 Å². The Morgan fingerprint density at radius 3 is 2.67 bits per heavy atom. The smallest absolute Gasteiger partial charge is 0.248 e. The van der Waals surface area contributed by atoms with E-state index in [0.717, 1.165) is 44.8 Å². The molecule has 0 unspecified atom stereocenters. The van der Waals surface area contributed by atoms with Crippen molar-refractivity contribution in [3.8, 4) is 0 Å². The fourth-order valence-electron chi connectivity index (χ4n) is 4.09. The number of aliphatic hydroxyl groups is 1. The van der Waals surface area contributed by atoms with E-state index in [1.54, 1.807) is 0 Å². The van der Waals surface area contributed by atoms with Gasteiger partial charge in [0.25, 0.3) is 0 Å². The second kappa shape index (κ2) is 10.2. The molecule has 27 heavy (non-hydrogen) atoms. The first-order valence-electron chi connectivity index (χ1n) is 10.1. The van der Waals surface area contributed by atoms with Crippen LogP contribution < -0.4 is 0 Å². The number of rotatable bonds is 7. The summed E-state index contributed by atoms with van der Waals surface area (Å²) in [4.78, 5) is 19.3. The molecule has 0 spiro atoms. The van der Waals surface area contributed by atoms with E-state index >= 15 is 0 Å². The van der Waals surface area contributed by atoms with Gasteiger partial charge in [-0.05, 0) is 38.0 Å². The molecular weight excluding hydrogens is 342 g/mol. The fraction of sp³-hybridized carbons (Fsp3) is 0.667. The zero-order valence-electron chi connectivity index (χ0n) is 16.4. The number of ether oxygens (including phenoxy) is 1. The molecule has 1 N–H and O–H groups in total. The number of hydrogen-bond donors (Lipinski definition) is 1. The van der Waals surface area contributed by atoms with Crippen LogP contribution in [0.4, 0.5) is 0 Å². The molecule has 1 aromatic rings. The molecule has 1 aromatic carbocycles. The molecule has 0 bridgehead atoms. The average Bonchev–Trinajstić information content (AvgIpc) is 2.98. The van der Waals surface area contributed by atoms with Gasteiger partial charge in [0.15, 0.2) is 0 Å². The summed E-state index contributed by atoms with van der Waals surface area (Å²) in [6.07, 6.45) is 1.18. The van der Waals surface area contributed by atoms with E-state index in [1.165, 1.54) is 6.42 Å². The highest BCUT2D eigenvalue weighted by atomic mass is 16.5. The first-order valence-corrected chi connectivity index (χ1v) is 10.1. The van der Waals surface area contributed by atoms with E-state index < -0.39 is 0 Å². The van der Waals surface area contributed by atoms with E-state index in [-0.39, 0.29) is 25.0 Å². The lowest BCUT2D eigenvalue weighted by molar-refractivity contribution is -0.135. The topological polar surface area (TPSA) is 56.2 Å². The number of amides is 1. The second-order valence-electron chi connectivity index (χ2n) is 7.94. The SMILES string of the molecule is CN1CCCN(C[C@@H]2CN(C(=O)COCc3ccccc3)C[C@@H]2CO)CC1. The standard InChI is InChI=1S/C21H33N3O3/c1-22-8-5-9-23(11-10-22)12-19-13-24(14-20(19)15-25)21(26)17-27-16-18-6-3-2-4-7-18/h2-4,6-7,19-20,25H,5,8-17H2,1H3/t19-,20-/m1/s1. The fourth-order valence-corrected chi connectivity index (χ4v) is 4.09. The van der Waals surface area contributed by atoms with Crippen LogP contribution in [-0.2, 0) is 16.1 Å². The van der Waals surface area contributed by atoms with Crippen LogP contribution in [0.1, 0.15) is 12.0 Å². The van der Waals surface area contributed by atoms with Crippen LogP contribution in [0.25, 0.3) is 0 Å². The monoisotopic (exact) mass is 375 g/mol. The van der Waals surface area contributed by atoms with Crippen LogP contribution in [0, 0.1) is 11.8 Å². The molecule has 6 heteroatoms. The van der Waals surface area contributed by atoms with E-state index in [4.69, 9.17) is 4.74 Å². The van der Waals surface area contributed by atoms with Crippen molar-refractivity contribution < 1.29 is 14.6 Å². The van der Waals surface area contributed by atoms with Gasteiger partial charge in [0, 0.05) is 45.2 Å². The largest absolute Gasteiger partial charge is 0.396 e. The van der Waals surface area contributed by atoms with Crippen LogP contribution >= 0.6 is 0 Å². The van der Waals surface area contributed by atoms with Crippen LogP contribution in [-0.4, -0.2) is 91.8 Å². The van der Waals surface area contributed by atoms with Gasteiger partial charge in [-0.15, -0.1) is 0 Å². The second-order valence-corrected chi connectivity index (χ2v) is 7.94. The van der Waals surface area contributed by atoms with Gasteiger partial charge in [-0.1, -0.05) is 30.3 Å². The quantitative estimate of drug-likeness (QED) is 0.768. The van der Waals surface area contributed by atoms with Crippen LogP contribution in [0.2, 0.25) is 0 Å². The van der Waals surface area contributed by atoms with E-state index in [9.17, 15) is 9.90 Å². The van der Waals surface area contributed by atoms with Crippen molar-refractivity contribution in [3.63, 3.8) is 0 Å². The Morgan fingerprint density at radius 2 is 1.89 bits per heavy atom. The van der Waals surface area contributed by atoms with Crippen molar-refractivity contribution >= 4 is 5.91 Å².